The van der Waals surface area contributed by atoms with Crippen LogP contribution in [0.25, 0.3) is 77.2 Å². The number of hydrogen-bond acceptors (Lipinski definition) is 2. The van der Waals surface area contributed by atoms with E-state index in [1.807, 2.05) is 12.1 Å². The lowest BCUT2D eigenvalue weighted by Gasteiger charge is -2.27. The normalized spacial score (nSPS) is 11.3. The Morgan fingerprint density at radius 2 is 0.870 bits per heavy atom. The van der Waals surface area contributed by atoms with Crippen molar-refractivity contribution in [1.82, 2.24) is 0 Å². The minimum absolute atomic E-state index is 0.899. The molecule has 0 saturated carbocycles. The predicted molar refractivity (Wildman–Crippen MR) is 228 cm³/mol. The fourth-order valence-electron chi connectivity index (χ4n) is 7.78. The molecule has 254 valence electrons. The molecule has 0 bridgehead atoms. The van der Waals surface area contributed by atoms with Gasteiger partial charge in [0.05, 0.1) is 0 Å². The van der Waals surface area contributed by atoms with Crippen molar-refractivity contribution in [3.8, 4) is 44.5 Å². The topological polar surface area (TPSA) is 16.4 Å². The number of fused-ring (bicyclic) bond motifs is 4. The molecule has 1 aromatic heterocycles. The molecule has 54 heavy (non-hydrogen) atoms. The number of para-hydroxylation sites is 1. The van der Waals surface area contributed by atoms with E-state index in [4.69, 9.17) is 4.42 Å². The van der Waals surface area contributed by atoms with Gasteiger partial charge in [0.25, 0.3) is 0 Å². The third kappa shape index (κ3) is 5.81. The average Bonchev–Trinajstić information content (AvgIpc) is 3.64. The Morgan fingerprint density at radius 1 is 0.296 bits per heavy atom. The first-order valence-corrected chi connectivity index (χ1v) is 18.4. The average molecular weight is 690 g/mol. The zero-order chi connectivity index (χ0) is 35.8. The summed E-state index contributed by atoms with van der Waals surface area (Å²) in [5.41, 5.74) is 14.4. The van der Waals surface area contributed by atoms with Gasteiger partial charge in [-0.25, -0.2) is 0 Å². The quantitative estimate of drug-likeness (QED) is 0.166. The Labute approximate surface area is 314 Å². The lowest BCUT2D eigenvalue weighted by Crippen LogP contribution is -2.10. The number of hydrogen-bond donors (Lipinski definition) is 0. The highest BCUT2D eigenvalue weighted by Gasteiger charge is 2.18. The van der Waals surface area contributed by atoms with Crippen LogP contribution in [0.1, 0.15) is 0 Å². The van der Waals surface area contributed by atoms with Gasteiger partial charge in [-0.15, -0.1) is 0 Å². The van der Waals surface area contributed by atoms with Gasteiger partial charge in [-0.2, -0.15) is 0 Å². The van der Waals surface area contributed by atoms with Crippen LogP contribution < -0.4 is 4.90 Å². The highest BCUT2D eigenvalue weighted by molar-refractivity contribution is 6.12. The maximum atomic E-state index is 6.25. The van der Waals surface area contributed by atoms with E-state index in [1.54, 1.807) is 0 Å². The van der Waals surface area contributed by atoms with Gasteiger partial charge in [-0.3, -0.25) is 0 Å². The standard InChI is InChI=1S/C52H35NO/c1-3-13-36(14-4-1)43-32-44(37-15-5-2-6-16-37)35-47(34-43)53(46-20-11-19-41(33-46)42-26-25-38-17-7-8-18-40(38)31-42)45-29-27-39(28-30-45)48-22-12-24-51-52(48)49-21-9-10-23-50(49)54-51/h1-35H. The van der Waals surface area contributed by atoms with Crippen molar-refractivity contribution in [2.75, 3.05) is 4.90 Å². The van der Waals surface area contributed by atoms with Crippen LogP contribution in [-0.2, 0) is 0 Å². The second kappa shape index (κ2) is 13.4. The van der Waals surface area contributed by atoms with Gasteiger partial charge in [-0.05, 0) is 116 Å². The van der Waals surface area contributed by atoms with Crippen LogP contribution in [-0.4, -0.2) is 0 Å². The second-order valence-corrected chi connectivity index (χ2v) is 13.8. The molecule has 0 atom stereocenters. The molecule has 0 aliphatic rings. The second-order valence-electron chi connectivity index (χ2n) is 13.8. The minimum Gasteiger partial charge on any atom is -0.456 e. The molecule has 0 unspecified atom stereocenters. The van der Waals surface area contributed by atoms with Crippen molar-refractivity contribution in [3.05, 3.63) is 212 Å². The summed E-state index contributed by atoms with van der Waals surface area (Å²) in [7, 11) is 0. The zero-order valence-electron chi connectivity index (χ0n) is 29.6. The van der Waals surface area contributed by atoms with Crippen molar-refractivity contribution in [2.24, 2.45) is 0 Å². The summed E-state index contributed by atoms with van der Waals surface area (Å²) in [6.07, 6.45) is 0. The number of nitrogens with zero attached hydrogens (tertiary/aromatic N) is 1. The first kappa shape index (κ1) is 31.6. The third-order valence-electron chi connectivity index (χ3n) is 10.4. The fourth-order valence-corrected chi connectivity index (χ4v) is 7.78. The lowest BCUT2D eigenvalue weighted by atomic mass is 9.96. The van der Waals surface area contributed by atoms with Gasteiger partial charge in [-0.1, -0.05) is 152 Å². The highest BCUT2D eigenvalue weighted by atomic mass is 16.3. The van der Waals surface area contributed by atoms with Gasteiger partial charge in [0.2, 0.25) is 0 Å². The molecule has 1 heterocycles. The van der Waals surface area contributed by atoms with Gasteiger partial charge in [0.1, 0.15) is 11.2 Å². The molecule has 0 amide bonds. The molecule has 0 spiro atoms. The van der Waals surface area contributed by atoms with Crippen molar-refractivity contribution in [2.45, 2.75) is 0 Å². The third-order valence-corrected chi connectivity index (χ3v) is 10.4. The molecule has 0 fully saturated rings. The van der Waals surface area contributed by atoms with E-state index < -0.39 is 0 Å². The van der Waals surface area contributed by atoms with Crippen LogP contribution in [0.2, 0.25) is 0 Å². The smallest absolute Gasteiger partial charge is 0.136 e. The maximum absolute atomic E-state index is 6.25. The van der Waals surface area contributed by atoms with Crippen molar-refractivity contribution >= 4 is 49.8 Å². The molecule has 10 rings (SSSR count). The number of furan rings is 1. The Kier molecular flexibility index (Phi) is 7.85. The van der Waals surface area contributed by atoms with Crippen LogP contribution in [0.5, 0.6) is 0 Å². The monoisotopic (exact) mass is 689 g/mol. The number of anilines is 3. The SMILES string of the molecule is c1ccc(-c2cc(-c3ccccc3)cc(N(c3ccc(-c4cccc5oc6ccccc6c45)cc3)c3cccc(-c4ccc5ccccc5c4)c3)c2)cc1. The molecule has 0 radical (unpaired) electrons. The van der Waals surface area contributed by atoms with Crippen LogP contribution in [0.3, 0.4) is 0 Å². The first-order chi connectivity index (χ1) is 26.7. The van der Waals surface area contributed by atoms with E-state index in [1.165, 1.54) is 33.0 Å². The molecular formula is C52H35NO. The minimum atomic E-state index is 0.899. The summed E-state index contributed by atoms with van der Waals surface area (Å²) in [5.74, 6) is 0. The summed E-state index contributed by atoms with van der Waals surface area (Å²) < 4.78 is 6.25. The Balaban J connectivity index is 1.15. The molecule has 2 nitrogen and oxygen atoms in total. The van der Waals surface area contributed by atoms with Crippen LogP contribution in [0, 0.1) is 0 Å². The van der Waals surface area contributed by atoms with Crippen LogP contribution in [0.15, 0.2) is 217 Å². The summed E-state index contributed by atoms with van der Waals surface area (Å²) in [6.45, 7) is 0. The van der Waals surface area contributed by atoms with Crippen molar-refractivity contribution in [1.29, 1.82) is 0 Å². The Bertz CT molecular complexity index is 2870. The maximum Gasteiger partial charge on any atom is 0.136 e. The van der Waals surface area contributed by atoms with E-state index >= 15 is 0 Å². The van der Waals surface area contributed by atoms with E-state index in [2.05, 4.69) is 205 Å². The molecule has 10 aromatic rings. The first-order valence-electron chi connectivity index (χ1n) is 18.4. The summed E-state index contributed by atoms with van der Waals surface area (Å²) in [6, 6.07) is 76.1. The van der Waals surface area contributed by atoms with Gasteiger partial charge in [0, 0.05) is 27.8 Å². The molecule has 0 aliphatic heterocycles. The lowest BCUT2D eigenvalue weighted by molar-refractivity contribution is 0.669. The largest absolute Gasteiger partial charge is 0.456 e. The predicted octanol–water partition coefficient (Wildman–Crippen LogP) is 14.9. The van der Waals surface area contributed by atoms with Crippen molar-refractivity contribution < 1.29 is 4.42 Å². The van der Waals surface area contributed by atoms with Gasteiger partial charge >= 0.3 is 0 Å². The molecular weight excluding hydrogens is 655 g/mol. The molecule has 0 saturated heterocycles. The number of benzene rings is 9. The van der Waals surface area contributed by atoms with Crippen LogP contribution in [0.4, 0.5) is 17.1 Å². The Morgan fingerprint density at radius 3 is 1.63 bits per heavy atom. The molecule has 0 aliphatic carbocycles. The highest BCUT2D eigenvalue weighted by Crippen LogP contribution is 2.43. The molecule has 2 heteroatoms. The Hall–Kier alpha value is -7.16. The summed E-state index contributed by atoms with van der Waals surface area (Å²) in [4.78, 5) is 2.39. The van der Waals surface area contributed by atoms with Gasteiger partial charge < -0.3 is 9.32 Å². The van der Waals surface area contributed by atoms with Gasteiger partial charge in [0.15, 0.2) is 0 Å². The fraction of sp³-hybridized carbons (Fsp3) is 0. The zero-order valence-corrected chi connectivity index (χ0v) is 29.6. The van der Waals surface area contributed by atoms with E-state index in [-0.39, 0.29) is 0 Å². The summed E-state index contributed by atoms with van der Waals surface area (Å²) >= 11 is 0. The number of rotatable bonds is 7. The molecule has 9 aromatic carbocycles. The molecule has 0 N–H and O–H groups in total. The van der Waals surface area contributed by atoms with Crippen molar-refractivity contribution in [3.63, 3.8) is 0 Å². The van der Waals surface area contributed by atoms with E-state index in [0.29, 0.717) is 0 Å². The summed E-state index contributed by atoms with van der Waals surface area (Å²) in [5, 5.41) is 4.75. The van der Waals surface area contributed by atoms with E-state index in [9.17, 15) is 0 Å². The van der Waals surface area contributed by atoms with E-state index in [0.717, 1.165) is 61.3 Å². The van der Waals surface area contributed by atoms with Crippen LogP contribution >= 0.6 is 0 Å².